The molecule has 7 saturated heterocycles. The first kappa shape index (κ1) is 73.8. The van der Waals surface area contributed by atoms with Crippen LogP contribution in [0, 0.1) is 22.7 Å². The van der Waals surface area contributed by atoms with E-state index in [-0.39, 0.29) is 0 Å². The number of benzene rings is 1. The summed E-state index contributed by atoms with van der Waals surface area (Å²) in [5.41, 5.74) is 4.78. The third kappa shape index (κ3) is 24.0. The number of thiazole rings is 1. The highest BCUT2D eigenvalue weighted by atomic mass is 35.5. The molecule has 0 N–H and O–H groups in total. The maximum Gasteiger partial charge on any atom is 0.187 e. The van der Waals surface area contributed by atoms with Crippen LogP contribution in [0.2, 0.25) is 5.15 Å². The normalized spacial score (nSPS) is 23.3. The molecule has 0 saturated carbocycles. The number of likely N-dealkylation sites (tertiary alicyclic amines) is 3. The van der Waals surface area contributed by atoms with Crippen molar-refractivity contribution in [3.63, 3.8) is 0 Å². The summed E-state index contributed by atoms with van der Waals surface area (Å²) in [4.78, 5) is 29.5. The van der Waals surface area contributed by atoms with Crippen molar-refractivity contribution in [3.8, 4) is 0 Å². The molecule has 20 heteroatoms. The van der Waals surface area contributed by atoms with Crippen molar-refractivity contribution < 1.29 is 23.8 Å². The monoisotopic (exact) mass is 1300 g/mol. The van der Waals surface area contributed by atoms with Gasteiger partial charge in [0.2, 0.25) is 0 Å². The molecule has 12 rings (SSSR count). The van der Waals surface area contributed by atoms with E-state index >= 15 is 0 Å². The van der Waals surface area contributed by atoms with E-state index in [9.17, 15) is 0 Å². The number of anilines is 2. The fourth-order valence-corrected chi connectivity index (χ4v) is 14.5. The first-order valence-electron chi connectivity index (χ1n) is 34.5. The number of piperidine rings is 3. The lowest BCUT2D eigenvalue weighted by Crippen LogP contribution is -2.49. The van der Waals surface area contributed by atoms with Crippen LogP contribution in [-0.4, -0.2) is 235 Å². The highest BCUT2D eigenvalue weighted by Gasteiger charge is 2.37. The second-order valence-corrected chi connectivity index (χ2v) is 30.9. The predicted octanol–water partition coefficient (Wildman–Crippen LogP) is 12.1. The molecule has 506 valence electrons. The Balaban J connectivity index is 0.000000152. The van der Waals surface area contributed by atoms with Crippen LogP contribution < -0.4 is 9.80 Å². The summed E-state index contributed by atoms with van der Waals surface area (Å²) in [6, 6.07) is 12.7. The van der Waals surface area contributed by atoms with Crippen LogP contribution >= 0.6 is 34.7 Å². The minimum Gasteiger partial charge on any atom is -0.392 e. The van der Waals surface area contributed by atoms with Crippen molar-refractivity contribution in [2.75, 3.05) is 148 Å². The van der Waals surface area contributed by atoms with Crippen molar-refractivity contribution in [2.24, 2.45) is 27.8 Å². The van der Waals surface area contributed by atoms with Crippen LogP contribution in [0.25, 0.3) is 0 Å². The number of ether oxygens (including phenoxy) is 4. The lowest BCUT2D eigenvalue weighted by molar-refractivity contribution is -0.153. The summed E-state index contributed by atoms with van der Waals surface area (Å²) in [6.07, 6.45) is 11.3. The number of nitrogens with zero attached hydrogens (tertiary/aromatic N) is 12. The lowest BCUT2D eigenvalue weighted by atomic mass is 9.88. The summed E-state index contributed by atoms with van der Waals surface area (Å²) >= 11 is 8.87. The highest BCUT2D eigenvalue weighted by molar-refractivity contribution is 7.13. The van der Waals surface area contributed by atoms with Gasteiger partial charge in [0, 0.05) is 156 Å². The number of halogens is 1. The Bertz CT molecular complexity index is 2400. The van der Waals surface area contributed by atoms with Crippen LogP contribution in [0.1, 0.15) is 160 Å². The van der Waals surface area contributed by atoms with Gasteiger partial charge in [-0.05, 0) is 172 Å². The summed E-state index contributed by atoms with van der Waals surface area (Å²) < 4.78 is 30.6. The average Bonchev–Trinajstić information content (AvgIpc) is 3.79. The number of aromatic nitrogens is 3. The molecule has 7 fully saturated rings. The Hall–Kier alpha value is -2.63. The zero-order valence-corrected chi connectivity index (χ0v) is 60.4. The molecule has 0 bridgehead atoms. The number of hydrogen-bond acceptors (Lipinski definition) is 19. The number of piperazine rings is 2. The van der Waals surface area contributed by atoms with Crippen LogP contribution in [0.4, 0.5) is 10.9 Å². The van der Waals surface area contributed by atoms with E-state index in [1.165, 1.54) is 106 Å². The van der Waals surface area contributed by atoms with E-state index in [1.54, 1.807) is 11.3 Å². The maximum absolute atomic E-state index is 6.01. The first-order valence-corrected chi connectivity index (χ1v) is 36.5. The quantitative estimate of drug-likeness (QED) is 0.135. The Kier molecular flexibility index (Phi) is 30.6. The molecular weight excluding hydrogens is 1180 g/mol. The molecule has 2 aromatic heterocycles. The van der Waals surface area contributed by atoms with Gasteiger partial charge in [-0.2, -0.15) is 8.75 Å². The first-order chi connectivity index (χ1) is 42.6. The molecule has 1 atom stereocenters. The summed E-state index contributed by atoms with van der Waals surface area (Å²) in [6.45, 7) is 58.2. The molecule has 9 aliphatic heterocycles. The molecule has 1 aromatic carbocycles. The zero-order chi connectivity index (χ0) is 64.1. The van der Waals surface area contributed by atoms with Gasteiger partial charge in [0.25, 0.3) is 0 Å². The minimum absolute atomic E-state index is 0.301. The second kappa shape index (κ2) is 36.9. The van der Waals surface area contributed by atoms with Gasteiger partial charge in [-0.15, -0.1) is 11.3 Å². The summed E-state index contributed by atoms with van der Waals surface area (Å²) in [5, 5.41) is 7.81. The number of rotatable bonds is 16. The molecule has 3 aromatic rings. The molecule has 0 aliphatic carbocycles. The van der Waals surface area contributed by atoms with Crippen molar-refractivity contribution in [2.45, 2.75) is 210 Å². The van der Waals surface area contributed by atoms with E-state index in [0.717, 1.165) is 141 Å². The maximum atomic E-state index is 6.01. The topological polar surface area (TPSA) is 123 Å². The van der Waals surface area contributed by atoms with E-state index in [1.807, 2.05) is 11.6 Å². The van der Waals surface area contributed by atoms with E-state index in [0.29, 0.717) is 64.4 Å². The van der Waals surface area contributed by atoms with Gasteiger partial charge in [0.15, 0.2) is 16.1 Å². The van der Waals surface area contributed by atoms with Crippen LogP contribution in [-0.2, 0) is 36.9 Å². The van der Waals surface area contributed by atoms with E-state index in [2.05, 4.69) is 186 Å². The molecule has 1 unspecified atom stereocenters. The van der Waals surface area contributed by atoms with Gasteiger partial charge in [-0.25, -0.2) is 4.98 Å². The fraction of sp³-hybridized carbons (Fsp3) is 0.826. The molecule has 9 aliphatic rings. The molecule has 11 heterocycles. The molecule has 17 nitrogen and oxygen atoms in total. The largest absolute Gasteiger partial charge is 0.392 e. The van der Waals surface area contributed by atoms with Crippen molar-refractivity contribution in [1.82, 2.24) is 43.1 Å². The average molecular weight is 1300 g/mol. The third-order valence-electron chi connectivity index (χ3n) is 19.6. The van der Waals surface area contributed by atoms with Crippen LogP contribution in [0.15, 0.2) is 41.0 Å². The van der Waals surface area contributed by atoms with E-state index < -0.39 is 0 Å². The number of fused-ring (bicyclic) bond motifs is 1. The Labute approximate surface area is 553 Å². The number of hydrogen-bond donors (Lipinski definition) is 0. The minimum atomic E-state index is 0.301. The molecule has 89 heavy (non-hydrogen) atoms. The lowest BCUT2D eigenvalue weighted by Gasteiger charge is -2.40. The SMILES string of the molecule is CC(C)N1CCC(COCC2(C)COC2)CC1.CC(C)N1CCC(OCC2(C)COC2)CC1.CC(C)N1CCN(c2nccs2)CC1.CC(C)N1CCN(c2nsnc2Cl)CC1.CC(C)N1Cc2ccccc2C1.CC1=NOC(C2CCN(C(C)C)CC2)C1. The van der Waals surface area contributed by atoms with Gasteiger partial charge < -0.3 is 48.3 Å². The van der Waals surface area contributed by atoms with Gasteiger partial charge in [0.1, 0.15) is 6.10 Å². The molecular formula is C69H121ClN12O5S2. The number of oxime groups is 1. The Morgan fingerprint density at radius 2 is 1.03 bits per heavy atom. The highest BCUT2D eigenvalue weighted by Crippen LogP contribution is 2.32. The predicted molar refractivity (Wildman–Crippen MR) is 372 cm³/mol. The van der Waals surface area contributed by atoms with Gasteiger partial charge in [-0.3, -0.25) is 14.7 Å². The summed E-state index contributed by atoms with van der Waals surface area (Å²) in [7, 11) is 0. The zero-order valence-electron chi connectivity index (χ0n) is 58.1. The Morgan fingerprint density at radius 3 is 1.45 bits per heavy atom. The van der Waals surface area contributed by atoms with Crippen LogP contribution in [0.3, 0.4) is 0 Å². The molecule has 0 spiro atoms. The van der Waals surface area contributed by atoms with Crippen molar-refractivity contribution >= 4 is 51.3 Å². The molecule has 0 amide bonds. The van der Waals surface area contributed by atoms with Gasteiger partial charge in [0.05, 0.1) is 63.2 Å². The fourth-order valence-electron chi connectivity index (χ4n) is 13.0. The second-order valence-electron chi connectivity index (χ2n) is 29.2. The van der Waals surface area contributed by atoms with Gasteiger partial charge in [-0.1, -0.05) is 54.9 Å². The Morgan fingerprint density at radius 1 is 0.573 bits per heavy atom. The van der Waals surface area contributed by atoms with Crippen molar-refractivity contribution in [3.05, 3.63) is 52.1 Å². The smallest absolute Gasteiger partial charge is 0.187 e. The van der Waals surface area contributed by atoms with E-state index in [4.69, 9.17) is 35.4 Å². The standard InChI is InChI=1S/C14H27NO2.C13H25NO2.C12H22N2O.C11H15N.C10H17N3S.C9H15ClN4S/c1-12(2)15-6-4-13(5-7-15)8-16-9-14(3)10-17-11-14;1-11(2)14-6-4-12(5-7-14)16-10-13(3)8-15-9-13;1-9(2)14-6-4-11(5-7-14)12-8-10(3)13-15-12;1-9(2)12-7-10-5-3-4-6-11(10)8-12;1-9(2)12-4-6-13(7-5-12)10-11-3-8-14-10;1-7(2)13-3-5-14(6-4-13)9-8(10)11-15-12-9/h12-13H,4-11H2,1-3H3;11-12H,4-10H2,1-3H3;9,11-12H,4-8H2,1-3H3;3-6,9H,7-8H2,1-2H3;3,8-9H,4-7H2,1-2H3;7H,3-6H2,1-2H3. The van der Waals surface area contributed by atoms with Crippen molar-refractivity contribution in [1.29, 1.82) is 0 Å². The molecule has 0 radical (unpaired) electrons. The van der Waals surface area contributed by atoms with Gasteiger partial charge >= 0.3 is 0 Å². The third-order valence-corrected chi connectivity index (χ3v) is 21.3. The van der Waals surface area contributed by atoms with Crippen LogP contribution in [0.5, 0.6) is 0 Å². The summed E-state index contributed by atoms with van der Waals surface area (Å²) in [5.74, 6) is 2.35.